The van der Waals surface area contributed by atoms with E-state index in [0.29, 0.717) is 17.0 Å². The smallest absolute Gasteiger partial charge is 0.272 e. The first kappa shape index (κ1) is 29.1. The number of aromatic amines is 1. The number of primary amides is 1. The topological polar surface area (TPSA) is 150 Å². The molecule has 45 heavy (non-hydrogen) atoms. The summed E-state index contributed by atoms with van der Waals surface area (Å²) in [5, 5.41) is 6.29. The van der Waals surface area contributed by atoms with Crippen LogP contribution in [-0.2, 0) is 20.8 Å². The van der Waals surface area contributed by atoms with Crippen LogP contribution in [0, 0.1) is 0 Å². The fourth-order valence-corrected chi connectivity index (χ4v) is 5.37. The molecule has 10 nitrogen and oxygen atoms in total. The van der Waals surface area contributed by atoms with E-state index in [-0.39, 0.29) is 12.1 Å². The van der Waals surface area contributed by atoms with Gasteiger partial charge in [-0.25, -0.2) is 4.99 Å². The summed E-state index contributed by atoms with van der Waals surface area (Å²) in [4.78, 5) is 62.5. The van der Waals surface area contributed by atoms with Crippen LogP contribution in [0.5, 0.6) is 0 Å². The first-order chi connectivity index (χ1) is 21.9. The minimum Gasteiger partial charge on any atom is -0.368 e. The van der Waals surface area contributed by atoms with Gasteiger partial charge in [0.1, 0.15) is 18.3 Å². The fourth-order valence-electron chi connectivity index (χ4n) is 5.37. The number of aliphatic imine (C=N–C) groups is 1. The van der Waals surface area contributed by atoms with Crippen LogP contribution in [-0.4, -0.2) is 53.1 Å². The summed E-state index contributed by atoms with van der Waals surface area (Å²) in [5.41, 5.74) is 9.72. The van der Waals surface area contributed by atoms with Crippen LogP contribution < -0.4 is 21.3 Å². The Kier molecular flexibility index (Phi) is 8.19. The maximum absolute atomic E-state index is 14.2. The number of benzene rings is 4. The van der Waals surface area contributed by atoms with Crippen LogP contribution in [0.15, 0.2) is 120 Å². The second kappa shape index (κ2) is 12.7. The molecule has 1 aromatic heterocycles. The van der Waals surface area contributed by atoms with Gasteiger partial charge in [-0.05, 0) is 23.8 Å². The molecule has 1 aliphatic rings. The van der Waals surface area contributed by atoms with Crippen LogP contribution >= 0.6 is 0 Å². The molecule has 10 heteroatoms. The number of fused-ring (bicyclic) bond motifs is 2. The quantitative estimate of drug-likeness (QED) is 0.206. The van der Waals surface area contributed by atoms with Crippen molar-refractivity contribution in [2.75, 3.05) is 11.4 Å². The standard InChI is InChI=1S/C35H30N6O4/c36-32(43)27(19-22-11-3-1-4-12-22)38-30(42)21-41-29-18-10-8-16-25(29)31(23-13-5-2-6-14-23)39-33(35(41)45)40-34(44)28-20-24-15-7-9-17-26(24)37-28/h1-18,20,27,33,37H,19,21H2,(H2,36,43)(H,38,42)(H,40,44)/t27-,33-/m0/s1. The number of aromatic nitrogens is 1. The number of rotatable bonds is 9. The Morgan fingerprint density at radius 1 is 0.867 bits per heavy atom. The highest BCUT2D eigenvalue weighted by atomic mass is 16.2. The van der Waals surface area contributed by atoms with E-state index >= 15 is 0 Å². The Morgan fingerprint density at radius 2 is 1.53 bits per heavy atom. The number of H-pyrrole nitrogens is 1. The molecular weight excluding hydrogens is 568 g/mol. The number of nitrogens with one attached hydrogen (secondary N) is 3. The molecule has 0 radical (unpaired) electrons. The van der Waals surface area contributed by atoms with Crippen molar-refractivity contribution < 1.29 is 19.2 Å². The minimum atomic E-state index is -1.37. The van der Waals surface area contributed by atoms with Crippen molar-refractivity contribution in [1.29, 1.82) is 0 Å². The van der Waals surface area contributed by atoms with Crippen molar-refractivity contribution in [3.63, 3.8) is 0 Å². The Hall–Kier alpha value is -6.03. The number of anilines is 1. The summed E-state index contributed by atoms with van der Waals surface area (Å²) >= 11 is 0. The third-order valence-corrected chi connectivity index (χ3v) is 7.56. The molecule has 5 aromatic rings. The van der Waals surface area contributed by atoms with Gasteiger partial charge >= 0.3 is 0 Å². The number of benzodiazepines with no additional fused rings is 1. The highest BCUT2D eigenvalue weighted by Crippen LogP contribution is 2.28. The van der Waals surface area contributed by atoms with E-state index in [4.69, 9.17) is 10.7 Å². The van der Waals surface area contributed by atoms with E-state index in [2.05, 4.69) is 15.6 Å². The van der Waals surface area contributed by atoms with Gasteiger partial charge in [0.25, 0.3) is 11.8 Å². The molecule has 0 saturated carbocycles. The lowest BCUT2D eigenvalue weighted by molar-refractivity contribution is -0.127. The predicted molar refractivity (Wildman–Crippen MR) is 172 cm³/mol. The van der Waals surface area contributed by atoms with Crippen LogP contribution in [0.25, 0.3) is 10.9 Å². The van der Waals surface area contributed by atoms with Crippen molar-refractivity contribution in [3.8, 4) is 0 Å². The summed E-state index contributed by atoms with van der Waals surface area (Å²) in [7, 11) is 0. The molecule has 0 unspecified atom stereocenters. The second-order valence-corrected chi connectivity index (χ2v) is 10.6. The van der Waals surface area contributed by atoms with Crippen molar-refractivity contribution in [2.45, 2.75) is 18.6 Å². The van der Waals surface area contributed by atoms with E-state index in [1.54, 1.807) is 18.2 Å². The molecule has 1 aliphatic heterocycles. The first-order valence-electron chi connectivity index (χ1n) is 14.4. The summed E-state index contributed by atoms with van der Waals surface area (Å²) in [6.07, 6.45) is -1.17. The number of nitrogens with two attached hydrogens (primary N) is 1. The molecule has 0 fully saturated rings. The molecule has 0 bridgehead atoms. The Morgan fingerprint density at radius 3 is 2.27 bits per heavy atom. The van der Waals surface area contributed by atoms with E-state index in [0.717, 1.165) is 22.0 Å². The summed E-state index contributed by atoms with van der Waals surface area (Å²) in [5.74, 6) is -2.45. The molecule has 6 rings (SSSR count). The monoisotopic (exact) mass is 598 g/mol. The van der Waals surface area contributed by atoms with E-state index in [1.165, 1.54) is 4.90 Å². The van der Waals surface area contributed by atoms with Crippen molar-refractivity contribution in [2.24, 2.45) is 10.7 Å². The number of nitrogens with zero attached hydrogens (tertiary/aromatic N) is 2. The minimum absolute atomic E-state index is 0.191. The molecule has 0 spiro atoms. The van der Waals surface area contributed by atoms with Gasteiger partial charge in [-0.1, -0.05) is 97.1 Å². The lowest BCUT2D eigenvalue weighted by Crippen LogP contribution is -2.53. The van der Waals surface area contributed by atoms with Gasteiger partial charge in [0.15, 0.2) is 0 Å². The number of carbonyl (C=O) groups excluding carboxylic acids is 4. The average molecular weight is 599 g/mol. The maximum atomic E-state index is 14.2. The lowest BCUT2D eigenvalue weighted by Gasteiger charge is -2.26. The average Bonchev–Trinajstić information content (AvgIpc) is 3.46. The second-order valence-electron chi connectivity index (χ2n) is 10.6. The van der Waals surface area contributed by atoms with E-state index in [1.807, 2.05) is 97.1 Å². The molecular formula is C35H30N6O4. The number of para-hydroxylation sites is 2. The molecule has 5 N–H and O–H groups in total. The van der Waals surface area contributed by atoms with Crippen molar-refractivity contribution >= 4 is 45.9 Å². The van der Waals surface area contributed by atoms with Gasteiger partial charge in [0.05, 0.1) is 11.4 Å². The van der Waals surface area contributed by atoms with Crippen LogP contribution in [0.4, 0.5) is 5.69 Å². The van der Waals surface area contributed by atoms with Crippen molar-refractivity contribution in [1.82, 2.24) is 15.6 Å². The number of amides is 4. The van der Waals surface area contributed by atoms with Gasteiger partial charge in [0.2, 0.25) is 18.0 Å². The highest BCUT2D eigenvalue weighted by molar-refractivity contribution is 6.21. The van der Waals surface area contributed by atoms with Gasteiger partial charge in [0, 0.05) is 28.5 Å². The van der Waals surface area contributed by atoms with Gasteiger partial charge < -0.3 is 21.4 Å². The first-order valence-corrected chi connectivity index (χ1v) is 14.4. The van der Waals surface area contributed by atoms with Crippen LogP contribution in [0.2, 0.25) is 0 Å². The normalized spacial score (nSPS) is 15.0. The molecule has 2 heterocycles. The zero-order chi connectivity index (χ0) is 31.3. The largest absolute Gasteiger partial charge is 0.368 e. The Labute approximate surface area is 259 Å². The summed E-state index contributed by atoms with van der Waals surface area (Å²) in [6.45, 7) is -0.440. The lowest BCUT2D eigenvalue weighted by atomic mass is 10.0. The summed E-state index contributed by atoms with van der Waals surface area (Å²) < 4.78 is 0. The molecule has 224 valence electrons. The van der Waals surface area contributed by atoms with E-state index < -0.39 is 42.4 Å². The number of hydrogen-bond acceptors (Lipinski definition) is 5. The molecule has 4 amide bonds. The predicted octanol–water partition coefficient (Wildman–Crippen LogP) is 3.32. The maximum Gasteiger partial charge on any atom is 0.272 e. The van der Waals surface area contributed by atoms with Crippen LogP contribution in [0.3, 0.4) is 0 Å². The zero-order valence-electron chi connectivity index (χ0n) is 24.1. The van der Waals surface area contributed by atoms with E-state index in [9.17, 15) is 19.2 Å². The van der Waals surface area contributed by atoms with Crippen molar-refractivity contribution in [3.05, 3.63) is 138 Å². The third kappa shape index (κ3) is 6.35. The SMILES string of the molecule is NC(=O)[C@H](Cc1ccccc1)NC(=O)CN1C(=O)[C@H](NC(=O)c2cc3ccccc3[nH]2)N=C(c2ccccc2)c2ccccc21. The molecule has 0 aliphatic carbocycles. The molecule has 0 saturated heterocycles. The Bertz CT molecular complexity index is 1890. The van der Waals surface area contributed by atoms with Gasteiger partial charge in [-0.3, -0.25) is 24.1 Å². The van der Waals surface area contributed by atoms with Gasteiger partial charge in [-0.2, -0.15) is 0 Å². The van der Waals surface area contributed by atoms with Gasteiger partial charge in [-0.15, -0.1) is 0 Å². The molecule has 2 atom stereocenters. The fraction of sp³-hybridized carbons (Fsp3) is 0.114. The zero-order valence-corrected chi connectivity index (χ0v) is 24.1. The third-order valence-electron chi connectivity index (χ3n) is 7.56. The summed E-state index contributed by atoms with van der Waals surface area (Å²) in [6, 6.07) is 33.7. The number of carbonyl (C=O) groups is 4. The highest BCUT2D eigenvalue weighted by Gasteiger charge is 2.35. The Balaban J connectivity index is 1.33. The number of hydrogen-bond donors (Lipinski definition) is 4. The van der Waals surface area contributed by atoms with Crippen LogP contribution in [0.1, 0.15) is 27.2 Å². The molecule has 4 aromatic carbocycles.